The molecule has 1 saturated heterocycles. The third kappa shape index (κ3) is 2.88. The molecule has 1 aliphatic heterocycles. The number of ether oxygens (including phenoxy) is 2. The molecule has 3 N–H and O–H groups in total. The predicted octanol–water partition coefficient (Wildman–Crippen LogP) is 1.71. The Labute approximate surface area is 161 Å². The van der Waals surface area contributed by atoms with Gasteiger partial charge >= 0.3 is 0 Å². The van der Waals surface area contributed by atoms with Gasteiger partial charge < -0.3 is 24.8 Å². The molecule has 1 heterocycles. The molecule has 0 bridgehead atoms. The Bertz CT molecular complexity index is 969. The van der Waals surface area contributed by atoms with Crippen molar-refractivity contribution in [3.05, 3.63) is 58.1 Å². The fourth-order valence-electron chi connectivity index (χ4n) is 3.79. The van der Waals surface area contributed by atoms with Gasteiger partial charge in [0.05, 0.1) is 17.8 Å². The standard InChI is InChI=1S/C21H20O7/c1-9-6-11(28-16-8-15(23)19(24)10(2)27-16)7-13-17(9)21(26)18-12(20(13)25)4-3-5-14(18)22/h3-7,10,15-16,19,22-24H,8H2,1-2H3. The zero-order valence-electron chi connectivity index (χ0n) is 15.4. The Morgan fingerprint density at radius 3 is 2.54 bits per heavy atom. The number of hydrogen-bond donors (Lipinski definition) is 3. The summed E-state index contributed by atoms with van der Waals surface area (Å²) in [5.74, 6) is -0.685. The Kier molecular flexibility index (Phi) is 4.45. The molecule has 0 radical (unpaired) electrons. The van der Waals surface area contributed by atoms with Crippen molar-refractivity contribution in [3.63, 3.8) is 0 Å². The molecular weight excluding hydrogens is 364 g/mol. The monoisotopic (exact) mass is 384 g/mol. The third-order valence-corrected chi connectivity index (χ3v) is 5.24. The molecule has 4 unspecified atom stereocenters. The van der Waals surface area contributed by atoms with Crippen LogP contribution in [-0.4, -0.2) is 51.5 Å². The summed E-state index contributed by atoms with van der Waals surface area (Å²) in [6.07, 6.45) is -3.30. The van der Waals surface area contributed by atoms with Crippen LogP contribution in [0.5, 0.6) is 11.5 Å². The average molecular weight is 384 g/mol. The van der Waals surface area contributed by atoms with Gasteiger partial charge in [0, 0.05) is 23.1 Å². The molecule has 2 aliphatic rings. The van der Waals surface area contributed by atoms with Gasteiger partial charge in [-0.3, -0.25) is 9.59 Å². The number of benzene rings is 2. The van der Waals surface area contributed by atoms with Crippen molar-refractivity contribution in [2.24, 2.45) is 0 Å². The van der Waals surface area contributed by atoms with Crippen LogP contribution in [0, 0.1) is 6.92 Å². The summed E-state index contributed by atoms with van der Waals surface area (Å²) in [4.78, 5) is 25.8. The second-order valence-electron chi connectivity index (χ2n) is 7.20. The van der Waals surface area contributed by atoms with Gasteiger partial charge in [-0.1, -0.05) is 12.1 Å². The van der Waals surface area contributed by atoms with Crippen molar-refractivity contribution in [1.29, 1.82) is 0 Å². The number of hydrogen-bond acceptors (Lipinski definition) is 7. The summed E-state index contributed by atoms with van der Waals surface area (Å²) in [6.45, 7) is 3.32. The molecule has 1 aliphatic carbocycles. The molecule has 2 aromatic carbocycles. The summed E-state index contributed by atoms with van der Waals surface area (Å²) in [7, 11) is 0. The second kappa shape index (κ2) is 6.70. The summed E-state index contributed by atoms with van der Waals surface area (Å²) < 4.78 is 11.3. The quantitative estimate of drug-likeness (QED) is 0.616. The van der Waals surface area contributed by atoms with E-state index in [2.05, 4.69) is 0 Å². The summed E-state index contributed by atoms with van der Waals surface area (Å²) in [6, 6.07) is 7.48. The molecule has 7 heteroatoms. The highest BCUT2D eigenvalue weighted by atomic mass is 16.7. The molecule has 0 amide bonds. The molecule has 0 aromatic heterocycles. The van der Waals surface area contributed by atoms with Crippen LogP contribution in [0.25, 0.3) is 0 Å². The van der Waals surface area contributed by atoms with Crippen molar-refractivity contribution in [2.75, 3.05) is 0 Å². The first-order valence-corrected chi connectivity index (χ1v) is 9.02. The van der Waals surface area contributed by atoms with Gasteiger partial charge in [0.25, 0.3) is 0 Å². The first-order chi connectivity index (χ1) is 13.3. The fraction of sp³-hybridized carbons (Fsp3) is 0.333. The van der Waals surface area contributed by atoms with Gasteiger partial charge in [0.1, 0.15) is 17.6 Å². The number of carbonyl (C=O) groups excluding carboxylic acids is 2. The molecular formula is C21H20O7. The summed E-state index contributed by atoms with van der Waals surface area (Å²) >= 11 is 0. The van der Waals surface area contributed by atoms with Crippen molar-refractivity contribution < 1.29 is 34.4 Å². The van der Waals surface area contributed by atoms with E-state index in [9.17, 15) is 24.9 Å². The first kappa shape index (κ1) is 18.6. The van der Waals surface area contributed by atoms with Crippen LogP contribution in [0.1, 0.15) is 50.8 Å². The number of ketones is 2. The van der Waals surface area contributed by atoms with Gasteiger partial charge in [0.2, 0.25) is 6.29 Å². The molecule has 4 rings (SSSR count). The Balaban J connectivity index is 1.70. The topological polar surface area (TPSA) is 113 Å². The van der Waals surface area contributed by atoms with E-state index in [4.69, 9.17) is 9.47 Å². The number of phenols is 1. The lowest BCUT2D eigenvalue weighted by Gasteiger charge is -2.35. The van der Waals surface area contributed by atoms with E-state index in [-0.39, 0.29) is 40.2 Å². The number of fused-ring (bicyclic) bond motifs is 2. The smallest absolute Gasteiger partial charge is 0.202 e. The molecule has 28 heavy (non-hydrogen) atoms. The predicted molar refractivity (Wildman–Crippen MR) is 97.7 cm³/mol. The van der Waals surface area contributed by atoms with Crippen LogP contribution in [-0.2, 0) is 4.74 Å². The normalized spacial score (nSPS) is 26.6. The molecule has 0 spiro atoms. The van der Waals surface area contributed by atoms with Crippen LogP contribution in [0.3, 0.4) is 0 Å². The second-order valence-corrected chi connectivity index (χ2v) is 7.20. The van der Waals surface area contributed by atoms with Crippen LogP contribution in [0.4, 0.5) is 0 Å². The van der Waals surface area contributed by atoms with Gasteiger partial charge in [-0.25, -0.2) is 0 Å². The number of carbonyl (C=O) groups is 2. The van der Waals surface area contributed by atoms with Gasteiger partial charge in [-0.15, -0.1) is 0 Å². The highest BCUT2D eigenvalue weighted by molar-refractivity contribution is 6.29. The molecule has 2 aromatic rings. The van der Waals surface area contributed by atoms with E-state index >= 15 is 0 Å². The number of aliphatic hydroxyl groups is 2. The summed E-state index contributed by atoms with van der Waals surface area (Å²) in [5, 5.41) is 29.7. The lowest BCUT2D eigenvalue weighted by atomic mass is 9.81. The zero-order valence-corrected chi connectivity index (χ0v) is 15.4. The molecule has 1 fully saturated rings. The van der Waals surface area contributed by atoms with Crippen molar-refractivity contribution in [3.8, 4) is 11.5 Å². The lowest BCUT2D eigenvalue weighted by Crippen LogP contribution is -2.48. The lowest BCUT2D eigenvalue weighted by molar-refractivity contribution is -0.216. The van der Waals surface area contributed by atoms with Crippen molar-refractivity contribution >= 4 is 11.6 Å². The fourth-order valence-corrected chi connectivity index (χ4v) is 3.79. The minimum Gasteiger partial charge on any atom is -0.507 e. The van der Waals surface area contributed by atoms with Crippen LogP contribution >= 0.6 is 0 Å². The van der Waals surface area contributed by atoms with E-state index in [1.165, 1.54) is 24.3 Å². The maximum Gasteiger partial charge on any atom is 0.202 e. The third-order valence-electron chi connectivity index (χ3n) is 5.24. The Morgan fingerprint density at radius 2 is 1.82 bits per heavy atom. The zero-order chi connectivity index (χ0) is 20.2. The van der Waals surface area contributed by atoms with Crippen molar-refractivity contribution in [1.82, 2.24) is 0 Å². The Morgan fingerprint density at radius 1 is 1.07 bits per heavy atom. The van der Waals surface area contributed by atoms with Gasteiger partial charge in [-0.2, -0.15) is 0 Å². The SMILES string of the molecule is Cc1cc(OC2CC(O)C(O)C(C)O2)cc2c1C(=O)c1c(O)cccc1C2=O. The maximum absolute atomic E-state index is 12.9. The molecule has 0 saturated carbocycles. The number of aryl methyl sites for hydroxylation is 1. The first-order valence-electron chi connectivity index (χ1n) is 9.02. The van der Waals surface area contributed by atoms with Crippen LogP contribution in [0.2, 0.25) is 0 Å². The van der Waals surface area contributed by atoms with E-state index in [0.29, 0.717) is 11.3 Å². The average Bonchev–Trinajstić information content (AvgIpc) is 2.63. The van der Waals surface area contributed by atoms with Crippen molar-refractivity contribution in [2.45, 2.75) is 44.9 Å². The van der Waals surface area contributed by atoms with Crippen LogP contribution < -0.4 is 4.74 Å². The number of aliphatic hydroxyl groups excluding tert-OH is 2. The molecule has 146 valence electrons. The minimum atomic E-state index is -0.992. The maximum atomic E-state index is 12.9. The molecule has 7 nitrogen and oxygen atoms in total. The van der Waals surface area contributed by atoms with E-state index in [0.717, 1.165) is 0 Å². The number of rotatable bonds is 2. The van der Waals surface area contributed by atoms with Crippen LogP contribution in [0.15, 0.2) is 30.3 Å². The minimum absolute atomic E-state index is 0.0123. The summed E-state index contributed by atoms with van der Waals surface area (Å²) in [5.41, 5.74) is 1.12. The highest BCUT2D eigenvalue weighted by Crippen LogP contribution is 2.36. The largest absolute Gasteiger partial charge is 0.507 e. The number of phenolic OH excluding ortho intramolecular Hbond substituents is 1. The highest BCUT2D eigenvalue weighted by Gasteiger charge is 2.36. The van der Waals surface area contributed by atoms with E-state index in [1.807, 2.05) is 0 Å². The Hall–Kier alpha value is -2.74. The van der Waals surface area contributed by atoms with Gasteiger partial charge in [-0.05, 0) is 37.6 Å². The van der Waals surface area contributed by atoms with E-state index < -0.39 is 30.4 Å². The van der Waals surface area contributed by atoms with E-state index in [1.54, 1.807) is 19.9 Å². The van der Waals surface area contributed by atoms with Gasteiger partial charge in [0.15, 0.2) is 11.6 Å². The number of aromatic hydroxyl groups is 1. The molecule has 4 atom stereocenters.